The fourth-order valence-electron chi connectivity index (χ4n) is 2.11. The lowest BCUT2D eigenvalue weighted by atomic mass is 10.1. The first-order valence-corrected chi connectivity index (χ1v) is 6.95. The van der Waals surface area contributed by atoms with Crippen molar-refractivity contribution in [1.29, 1.82) is 0 Å². The summed E-state index contributed by atoms with van der Waals surface area (Å²) in [5, 5.41) is 0.853. The van der Waals surface area contributed by atoms with Crippen LogP contribution in [0.2, 0.25) is 10.0 Å². The molecule has 4 nitrogen and oxygen atoms in total. The molecule has 20 heavy (non-hydrogen) atoms. The Labute approximate surface area is 127 Å². The summed E-state index contributed by atoms with van der Waals surface area (Å²) < 4.78 is 0. The van der Waals surface area contributed by atoms with Crippen molar-refractivity contribution in [3.63, 3.8) is 0 Å². The number of nitrogens with two attached hydrogens (primary N) is 1. The number of carbonyl (C=O) groups excluding carboxylic acids is 2. The lowest BCUT2D eigenvalue weighted by Crippen LogP contribution is -2.30. The van der Waals surface area contributed by atoms with E-state index in [4.69, 9.17) is 28.9 Å². The summed E-state index contributed by atoms with van der Waals surface area (Å²) in [7, 11) is 0. The summed E-state index contributed by atoms with van der Waals surface area (Å²) in [5.74, 6) is -0.769. The predicted molar refractivity (Wildman–Crippen MR) is 79.4 cm³/mol. The van der Waals surface area contributed by atoms with Crippen LogP contribution in [0, 0.1) is 5.92 Å². The maximum Gasteiger partial charge on any atom is 0.246 e. The van der Waals surface area contributed by atoms with E-state index in [1.165, 1.54) is 6.08 Å². The second-order valence-corrected chi connectivity index (χ2v) is 5.43. The fourth-order valence-corrected chi connectivity index (χ4v) is 2.48. The number of likely N-dealkylation sites (tertiary alicyclic amines) is 1. The van der Waals surface area contributed by atoms with E-state index in [9.17, 15) is 9.59 Å². The molecule has 2 N–H and O–H groups in total. The Kier molecular flexibility index (Phi) is 4.68. The Morgan fingerprint density at radius 1 is 1.35 bits per heavy atom. The van der Waals surface area contributed by atoms with Gasteiger partial charge in [-0.05, 0) is 24.1 Å². The SMILES string of the molecule is NC(=O)[C@@H]1CCN(C(=O)/C=C/c2cccc(Cl)c2Cl)C1. The van der Waals surface area contributed by atoms with Crippen molar-refractivity contribution in [3.8, 4) is 0 Å². The Hall–Kier alpha value is -1.52. The quantitative estimate of drug-likeness (QED) is 0.871. The van der Waals surface area contributed by atoms with Crippen LogP contribution < -0.4 is 5.73 Å². The van der Waals surface area contributed by atoms with Crippen molar-refractivity contribution in [1.82, 2.24) is 4.90 Å². The smallest absolute Gasteiger partial charge is 0.246 e. The van der Waals surface area contributed by atoms with Gasteiger partial charge in [-0.1, -0.05) is 35.3 Å². The first-order chi connectivity index (χ1) is 9.49. The number of hydrogen-bond acceptors (Lipinski definition) is 2. The summed E-state index contributed by atoms with van der Waals surface area (Å²) in [4.78, 5) is 24.7. The lowest BCUT2D eigenvalue weighted by molar-refractivity contribution is -0.125. The lowest BCUT2D eigenvalue weighted by Gasteiger charge is -2.13. The topological polar surface area (TPSA) is 63.4 Å². The van der Waals surface area contributed by atoms with Crippen molar-refractivity contribution in [2.45, 2.75) is 6.42 Å². The Morgan fingerprint density at radius 2 is 2.10 bits per heavy atom. The predicted octanol–water partition coefficient (Wildman–Crippen LogP) is 2.34. The molecule has 0 unspecified atom stereocenters. The van der Waals surface area contributed by atoms with Gasteiger partial charge in [-0.25, -0.2) is 0 Å². The average molecular weight is 313 g/mol. The first-order valence-electron chi connectivity index (χ1n) is 6.19. The maximum atomic E-state index is 12.0. The van der Waals surface area contributed by atoms with Crippen LogP contribution in [0.5, 0.6) is 0 Å². The van der Waals surface area contributed by atoms with Crippen LogP contribution in [-0.2, 0) is 9.59 Å². The number of amides is 2. The molecule has 2 rings (SSSR count). The van der Waals surface area contributed by atoms with Crippen LogP contribution >= 0.6 is 23.2 Å². The molecule has 1 aromatic rings. The van der Waals surface area contributed by atoms with Crippen molar-refractivity contribution in [2.75, 3.05) is 13.1 Å². The molecule has 1 atom stereocenters. The molecule has 1 saturated heterocycles. The number of halogens is 2. The molecule has 1 aromatic carbocycles. The van der Waals surface area contributed by atoms with E-state index in [0.717, 1.165) is 0 Å². The molecular weight excluding hydrogens is 299 g/mol. The average Bonchev–Trinajstić information content (AvgIpc) is 2.90. The van der Waals surface area contributed by atoms with Gasteiger partial charge in [0.25, 0.3) is 0 Å². The van der Waals surface area contributed by atoms with Crippen LogP contribution in [0.15, 0.2) is 24.3 Å². The van der Waals surface area contributed by atoms with Crippen molar-refractivity contribution >= 4 is 41.1 Å². The first kappa shape index (κ1) is 14.9. The van der Waals surface area contributed by atoms with Crippen LogP contribution in [-0.4, -0.2) is 29.8 Å². The minimum absolute atomic E-state index is 0.162. The highest BCUT2D eigenvalue weighted by Crippen LogP contribution is 2.26. The van der Waals surface area contributed by atoms with Gasteiger partial charge < -0.3 is 10.6 Å². The van der Waals surface area contributed by atoms with E-state index in [0.29, 0.717) is 35.1 Å². The van der Waals surface area contributed by atoms with E-state index >= 15 is 0 Å². The van der Waals surface area contributed by atoms with Crippen molar-refractivity contribution < 1.29 is 9.59 Å². The van der Waals surface area contributed by atoms with Gasteiger partial charge in [0.2, 0.25) is 11.8 Å². The number of carbonyl (C=O) groups is 2. The van der Waals surface area contributed by atoms with E-state index < -0.39 is 0 Å². The molecule has 6 heteroatoms. The van der Waals surface area contributed by atoms with Crippen LogP contribution in [0.1, 0.15) is 12.0 Å². The number of benzene rings is 1. The molecule has 1 aliphatic heterocycles. The Morgan fingerprint density at radius 3 is 2.75 bits per heavy atom. The maximum absolute atomic E-state index is 12.0. The second-order valence-electron chi connectivity index (χ2n) is 4.65. The zero-order chi connectivity index (χ0) is 14.7. The minimum atomic E-state index is -0.359. The van der Waals surface area contributed by atoms with Gasteiger partial charge in [0.15, 0.2) is 0 Å². The molecule has 0 aromatic heterocycles. The molecule has 106 valence electrons. The Balaban J connectivity index is 2.03. The summed E-state index contributed by atoms with van der Waals surface area (Å²) in [6.07, 6.45) is 3.67. The molecule has 1 heterocycles. The third-order valence-electron chi connectivity index (χ3n) is 3.29. The number of nitrogens with zero attached hydrogens (tertiary/aromatic N) is 1. The fraction of sp³-hybridized carbons (Fsp3) is 0.286. The normalized spacial score (nSPS) is 18.7. The van der Waals surface area contributed by atoms with Crippen LogP contribution in [0.25, 0.3) is 6.08 Å². The van der Waals surface area contributed by atoms with Gasteiger partial charge >= 0.3 is 0 Å². The number of rotatable bonds is 3. The zero-order valence-corrected chi connectivity index (χ0v) is 12.2. The highest BCUT2D eigenvalue weighted by Gasteiger charge is 2.28. The monoisotopic (exact) mass is 312 g/mol. The molecule has 0 radical (unpaired) electrons. The van der Waals surface area contributed by atoms with Gasteiger partial charge in [-0.3, -0.25) is 9.59 Å². The van der Waals surface area contributed by atoms with Gasteiger partial charge in [0, 0.05) is 19.2 Å². The van der Waals surface area contributed by atoms with Crippen LogP contribution in [0.3, 0.4) is 0 Å². The van der Waals surface area contributed by atoms with E-state index in [1.54, 1.807) is 29.2 Å². The summed E-state index contributed by atoms with van der Waals surface area (Å²) in [6, 6.07) is 5.21. The molecule has 1 fully saturated rings. The summed E-state index contributed by atoms with van der Waals surface area (Å²) in [6.45, 7) is 0.918. The number of primary amides is 1. The molecule has 0 bridgehead atoms. The van der Waals surface area contributed by atoms with Crippen molar-refractivity contribution in [3.05, 3.63) is 39.9 Å². The van der Waals surface area contributed by atoms with Gasteiger partial charge in [0.05, 0.1) is 16.0 Å². The Bertz CT molecular complexity index is 572. The van der Waals surface area contributed by atoms with Gasteiger partial charge in [0.1, 0.15) is 0 Å². The molecular formula is C14H14Cl2N2O2. The summed E-state index contributed by atoms with van der Waals surface area (Å²) >= 11 is 11.9. The zero-order valence-electron chi connectivity index (χ0n) is 10.7. The van der Waals surface area contributed by atoms with Gasteiger partial charge in [-0.2, -0.15) is 0 Å². The largest absolute Gasteiger partial charge is 0.369 e. The van der Waals surface area contributed by atoms with Crippen LogP contribution in [0.4, 0.5) is 0 Å². The van der Waals surface area contributed by atoms with E-state index in [1.807, 2.05) is 0 Å². The van der Waals surface area contributed by atoms with E-state index in [2.05, 4.69) is 0 Å². The van der Waals surface area contributed by atoms with E-state index in [-0.39, 0.29) is 17.7 Å². The molecule has 0 saturated carbocycles. The van der Waals surface area contributed by atoms with Crippen molar-refractivity contribution in [2.24, 2.45) is 11.7 Å². The minimum Gasteiger partial charge on any atom is -0.369 e. The second kappa shape index (κ2) is 6.29. The molecule has 1 aliphatic rings. The molecule has 2 amide bonds. The van der Waals surface area contributed by atoms with Gasteiger partial charge in [-0.15, -0.1) is 0 Å². The highest BCUT2D eigenvalue weighted by molar-refractivity contribution is 6.42. The standard InChI is InChI=1S/C14H14Cl2N2O2/c15-11-3-1-2-9(13(11)16)4-5-12(19)18-7-6-10(8-18)14(17)20/h1-5,10H,6-8H2,(H2,17,20)/b5-4+/t10-/m1/s1. The molecule has 0 spiro atoms. The molecule has 0 aliphatic carbocycles. The summed E-state index contributed by atoms with van der Waals surface area (Å²) in [5.41, 5.74) is 5.91. The third kappa shape index (κ3) is 3.32. The highest BCUT2D eigenvalue weighted by atomic mass is 35.5. The number of hydrogen-bond donors (Lipinski definition) is 1. The third-order valence-corrected chi connectivity index (χ3v) is 4.12.